The van der Waals surface area contributed by atoms with Crippen molar-refractivity contribution < 1.29 is 9.46 Å². The van der Waals surface area contributed by atoms with E-state index in [1.54, 1.807) is 0 Å². The molecule has 0 aliphatic heterocycles. The van der Waals surface area contributed by atoms with E-state index in [1.165, 1.54) is 0 Å². The van der Waals surface area contributed by atoms with Crippen molar-refractivity contribution in [3.63, 3.8) is 0 Å². The van der Waals surface area contributed by atoms with Gasteiger partial charge in [0.05, 0.1) is 5.66 Å². The van der Waals surface area contributed by atoms with Crippen LogP contribution in [0.1, 0.15) is 24.6 Å². The van der Waals surface area contributed by atoms with Crippen molar-refractivity contribution in [2.75, 3.05) is 0 Å². The third-order valence-electron chi connectivity index (χ3n) is 1.91. The number of rotatable bonds is 3. The second-order valence-electron chi connectivity index (χ2n) is 2.71. The highest BCUT2D eigenvalue weighted by Gasteiger charge is 2.13. The first-order valence-electron chi connectivity index (χ1n) is 4.03. The normalized spacial score (nSPS) is 14.3. The van der Waals surface area contributed by atoms with Crippen LogP contribution >= 0.6 is 8.03 Å². The third-order valence-corrected chi connectivity index (χ3v) is 3.25. The molecule has 0 aliphatic carbocycles. The van der Waals surface area contributed by atoms with E-state index >= 15 is 0 Å². The maximum atomic E-state index is 10.9. The van der Waals surface area contributed by atoms with Crippen LogP contribution in [0.4, 0.5) is 0 Å². The highest BCUT2D eigenvalue weighted by Crippen LogP contribution is 2.39. The predicted octanol–water partition coefficient (Wildman–Crippen LogP) is 1.42. The molecule has 13 heavy (non-hydrogen) atoms. The molecular weight excluding hydrogens is 198 g/mol. The molecule has 0 radical (unpaired) electrons. The summed E-state index contributed by atoms with van der Waals surface area (Å²) in [6.45, 7) is 1.93. The first-order valence-corrected chi connectivity index (χ1v) is 5.46. The largest absolute Gasteiger partial charge is 0.346 e. The fourth-order valence-electron chi connectivity index (χ4n) is 1.24. The average molecular weight is 214 g/mol. The van der Waals surface area contributed by atoms with Crippen molar-refractivity contribution in [3.05, 3.63) is 35.9 Å². The van der Waals surface area contributed by atoms with Gasteiger partial charge >= 0.3 is 0 Å². The van der Waals surface area contributed by atoms with E-state index in [0.717, 1.165) is 12.0 Å². The van der Waals surface area contributed by atoms with Crippen molar-refractivity contribution in [2.24, 2.45) is 0 Å². The lowest BCUT2D eigenvalue weighted by atomic mass is 10.1. The minimum atomic E-state index is -2.43. The summed E-state index contributed by atoms with van der Waals surface area (Å²) < 4.78 is 10.9. The van der Waals surface area contributed by atoms with E-state index in [1.807, 2.05) is 37.3 Å². The summed E-state index contributed by atoms with van der Waals surface area (Å²) >= 11 is 0. The molecule has 0 aliphatic rings. The zero-order valence-electron chi connectivity index (χ0n) is 7.03. The van der Waals surface area contributed by atoms with E-state index in [2.05, 4.69) is 0 Å². The molecular formula is C9H16AlO2P. The van der Waals surface area contributed by atoms with E-state index in [0.29, 0.717) is 0 Å². The molecule has 1 N–H and O–H groups in total. The summed E-state index contributed by atoms with van der Waals surface area (Å²) in [5, 5.41) is 0. The summed E-state index contributed by atoms with van der Waals surface area (Å²) in [7, 11) is -2.43. The Balaban J connectivity index is 0.00000144. The van der Waals surface area contributed by atoms with E-state index < -0.39 is 8.03 Å². The lowest BCUT2D eigenvalue weighted by Crippen LogP contribution is -1.90. The molecule has 1 aromatic rings. The second-order valence-corrected chi connectivity index (χ2v) is 4.08. The minimum Gasteiger partial charge on any atom is -0.346 e. The van der Waals surface area contributed by atoms with Crippen LogP contribution in [-0.4, -0.2) is 22.3 Å². The zero-order chi connectivity index (χ0) is 8.97. The number of hydrogen-bond acceptors (Lipinski definition) is 1. The van der Waals surface area contributed by atoms with Crippen molar-refractivity contribution in [1.29, 1.82) is 0 Å². The fraction of sp³-hybridized carbons (Fsp3) is 0.333. The van der Waals surface area contributed by atoms with Gasteiger partial charge in [0.25, 0.3) is 0 Å². The Kier molecular flexibility index (Phi) is 6.38. The van der Waals surface area contributed by atoms with Gasteiger partial charge in [0.15, 0.2) is 25.4 Å². The Morgan fingerprint density at radius 2 is 1.92 bits per heavy atom. The van der Waals surface area contributed by atoms with Crippen LogP contribution in [-0.2, 0) is 4.57 Å². The van der Waals surface area contributed by atoms with Gasteiger partial charge in [-0.3, -0.25) is 4.57 Å². The van der Waals surface area contributed by atoms with Crippen LogP contribution in [0.25, 0.3) is 0 Å². The van der Waals surface area contributed by atoms with Gasteiger partial charge in [-0.05, 0) is 12.0 Å². The molecule has 1 aromatic carbocycles. The first-order chi connectivity index (χ1) is 5.75. The summed E-state index contributed by atoms with van der Waals surface area (Å²) in [4.78, 5) is 9.01. The van der Waals surface area contributed by atoms with Crippen LogP contribution in [0.3, 0.4) is 0 Å². The summed E-state index contributed by atoms with van der Waals surface area (Å²) in [6, 6.07) is 9.48. The maximum Gasteiger partial charge on any atom is 0.196 e. The molecule has 0 heterocycles. The first kappa shape index (κ1) is 12.9. The Morgan fingerprint density at radius 3 is 2.31 bits per heavy atom. The molecule has 4 heteroatoms. The molecule has 0 fully saturated rings. The monoisotopic (exact) mass is 214 g/mol. The molecule has 72 valence electrons. The van der Waals surface area contributed by atoms with Crippen LogP contribution in [0, 0.1) is 0 Å². The van der Waals surface area contributed by atoms with Crippen LogP contribution in [0.5, 0.6) is 0 Å². The van der Waals surface area contributed by atoms with E-state index in [-0.39, 0.29) is 23.0 Å². The highest BCUT2D eigenvalue weighted by atomic mass is 31.1. The molecule has 0 saturated carbocycles. The zero-order valence-corrected chi connectivity index (χ0v) is 8.03. The summed E-state index contributed by atoms with van der Waals surface area (Å²) in [6.07, 6.45) is 0.721. The Hall–Kier alpha value is -0.0575. The molecule has 0 spiro atoms. The third kappa shape index (κ3) is 3.67. The van der Waals surface area contributed by atoms with E-state index in [9.17, 15) is 4.57 Å². The average Bonchev–Trinajstić information content (AvgIpc) is 2.07. The second kappa shape index (κ2) is 6.40. The SMILES string of the molecule is CCC(c1ccccc1)[PH](=O)O.[AlH3]. The molecule has 2 atom stereocenters. The topological polar surface area (TPSA) is 37.3 Å². The van der Waals surface area contributed by atoms with Crippen molar-refractivity contribution >= 4 is 25.4 Å². The van der Waals surface area contributed by atoms with Crippen LogP contribution in [0.15, 0.2) is 30.3 Å². The van der Waals surface area contributed by atoms with Gasteiger partial charge in [-0.25, -0.2) is 0 Å². The van der Waals surface area contributed by atoms with E-state index in [4.69, 9.17) is 4.89 Å². The quantitative estimate of drug-likeness (QED) is 0.610. The maximum absolute atomic E-state index is 10.9. The van der Waals surface area contributed by atoms with Gasteiger partial charge in [0.2, 0.25) is 0 Å². The molecule has 2 unspecified atom stereocenters. The lowest BCUT2D eigenvalue weighted by molar-refractivity contribution is 0.488. The minimum absolute atomic E-state index is 0. The molecule has 0 saturated heterocycles. The standard InChI is InChI=1S/C9H13O2P.Al.3H/c1-2-9(12(10)11)8-6-4-3-5-7-8;;;;/h3-7,9,12H,2H2,1H3,(H,10,11);;;;. The van der Waals surface area contributed by atoms with Gasteiger partial charge in [-0.2, -0.15) is 0 Å². The van der Waals surface area contributed by atoms with Gasteiger partial charge in [0.1, 0.15) is 0 Å². The molecule has 2 nitrogen and oxygen atoms in total. The molecule has 1 rings (SSSR count). The van der Waals surface area contributed by atoms with Crippen molar-refractivity contribution in [2.45, 2.75) is 19.0 Å². The number of benzene rings is 1. The van der Waals surface area contributed by atoms with Gasteiger partial charge in [-0.1, -0.05) is 37.3 Å². The predicted molar refractivity (Wildman–Crippen MR) is 60.6 cm³/mol. The fourth-order valence-corrected chi connectivity index (χ4v) is 2.07. The van der Waals surface area contributed by atoms with Gasteiger partial charge < -0.3 is 4.89 Å². The highest BCUT2D eigenvalue weighted by molar-refractivity contribution is 7.38. The van der Waals surface area contributed by atoms with Gasteiger partial charge in [-0.15, -0.1) is 0 Å². The molecule has 0 bridgehead atoms. The summed E-state index contributed by atoms with van der Waals surface area (Å²) in [5.41, 5.74) is 0.794. The molecule has 0 amide bonds. The van der Waals surface area contributed by atoms with Crippen LogP contribution < -0.4 is 0 Å². The smallest absolute Gasteiger partial charge is 0.196 e. The van der Waals surface area contributed by atoms with Gasteiger partial charge in [0, 0.05) is 0 Å². The Morgan fingerprint density at radius 1 is 1.38 bits per heavy atom. The van der Waals surface area contributed by atoms with Crippen molar-refractivity contribution in [3.8, 4) is 0 Å². The number of hydrogen-bond donors (Lipinski definition) is 1. The van der Waals surface area contributed by atoms with Crippen LogP contribution in [0.2, 0.25) is 0 Å². The molecule has 0 aromatic heterocycles. The Bertz CT molecular complexity index is 264. The Labute approximate surface area is 90.0 Å². The summed E-state index contributed by atoms with van der Waals surface area (Å²) in [5.74, 6) is 0. The lowest BCUT2D eigenvalue weighted by Gasteiger charge is -2.10. The van der Waals surface area contributed by atoms with Crippen molar-refractivity contribution in [1.82, 2.24) is 0 Å².